The molecule has 0 aromatic heterocycles. The van der Waals surface area contributed by atoms with Crippen molar-refractivity contribution < 1.29 is 25.8 Å². The Morgan fingerprint density at radius 1 is 0.643 bits per heavy atom. The maximum absolute atomic E-state index is 5.23. The topological polar surface area (TPSA) is 14.1 Å². The van der Waals surface area contributed by atoms with Gasteiger partial charge in [-0.25, -0.2) is 0 Å². The van der Waals surface area contributed by atoms with Gasteiger partial charge in [0.2, 0.25) is 0 Å². The summed E-state index contributed by atoms with van der Waals surface area (Å²) in [4.78, 5) is 5.23. The Morgan fingerprint density at radius 2 is 0.929 bits per heavy atom. The Balaban J connectivity index is -0.000000492. The van der Waals surface area contributed by atoms with Crippen molar-refractivity contribution in [3.8, 4) is 0 Å². The SMILES string of the molecule is CC1C(C)C(C)C([Si](C)(C)[N-]C(C)(C)C)C1C.C[Si](C)(C)[CH-][Si](C)(C)C.[CH3-].[Sc+3]. The average Bonchev–Trinajstić information content (AvgIpc) is 2.46. The molecule has 0 aromatic rings. The van der Waals surface area contributed by atoms with E-state index in [1.807, 2.05) is 0 Å². The molecule has 4 unspecified atom stereocenters. The van der Waals surface area contributed by atoms with Crippen molar-refractivity contribution in [2.24, 2.45) is 23.7 Å². The molecule has 0 saturated heterocycles. The zero-order valence-corrected chi connectivity index (χ0v) is 27.3. The van der Waals surface area contributed by atoms with Crippen LogP contribution in [0.5, 0.6) is 0 Å². The molecule has 1 saturated carbocycles. The second-order valence-corrected chi connectivity index (χ2v) is 27.6. The van der Waals surface area contributed by atoms with Gasteiger partial charge in [-0.3, -0.25) is 0 Å². The van der Waals surface area contributed by atoms with Gasteiger partial charge >= 0.3 is 25.8 Å². The molecule has 0 spiro atoms. The third kappa shape index (κ3) is 12.4. The molecule has 166 valence electrons. The van der Waals surface area contributed by atoms with E-state index in [4.69, 9.17) is 4.98 Å². The molecule has 1 aliphatic carbocycles. The Morgan fingerprint density at radius 3 is 1.11 bits per heavy atom. The molecule has 0 bridgehead atoms. The molecule has 0 N–H and O–H groups in total. The van der Waals surface area contributed by atoms with Gasteiger partial charge < -0.3 is 18.1 Å². The summed E-state index contributed by atoms with van der Waals surface area (Å²) in [5, 5.41) is 0. The van der Waals surface area contributed by atoms with Crippen molar-refractivity contribution in [3.05, 3.63) is 18.1 Å². The molecule has 5 heteroatoms. The smallest absolute Gasteiger partial charge is 0.660 e. The monoisotopic (exact) mass is 473 g/mol. The van der Waals surface area contributed by atoms with Gasteiger partial charge in [-0.15, -0.1) is 21.7 Å². The van der Waals surface area contributed by atoms with E-state index in [9.17, 15) is 0 Å². The van der Waals surface area contributed by atoms with Gasteiger partial charge in [-0.2, -0.15) is 0 Å². The summed E-state index contributed by atoms with van der Waals surface area (Å²) in [7, 11) is -3.20. The molecule has 0 amide bonds. The fraction of sp³-hybridized carbons (Fsp3) is 0.913. The van der Waals surface area contributed by atoms with Gasteiger partial charge in [0.15, 0.2) is 0 Å². The predicted molar refractivity (Wildman–Crippen MR) is 138 cm³/mol. The first kappa shape index (κ1) is 34.1. The van der Waals surface area contributed by atoms with Crippen LogP contribution < -0.4 is 0 Å². The van der Waals surface area contributed by atoms with Crippen molar-refractivity contribution in [3.63, 3.8) is 0 Å². The van der Waals surface area contributed by atoms with Gasteiger partial charge in [0.1, 0.15) is 0 Å². The largest absolute Gasteiger partial charge is 3.00 e. The van der Waals surface area contributed by atoms with Crippen LogP contribution in [0, 0.1) is 36.8 Å². The Hall–Kier alpha value is 1.48. The molecular formula is C23H54NScSi3. The number of hydrogen-bond donors (Lipinski definition) is 0. The van der Waals surface area contributed by atoms with Crippen molar-refractivity contribution in [2.75, 3.05) is 0 Å². The summed E-state index contributed by atoms with van der Waals surface area (Å²) in [6.45, 7) is 35.9. The summed E-state index contributed by atoms with van der Waals surface area (Å²) in [5.41, 5.74) is 3.64. The van der Waals surface area contributed by atoms with E-state index in [0.717, 1.165) is 29.2 Å². The summed E-state index contributed by atoms with van der Waals surface area (Å²) in [5.74, 6) is 3.40. The Labute approximate surface area is 202 Å². The molecule has 0 aliphatic heterocycles. The van der Waals surface area contributed by atoms with Crippen molar-refractivity contribution >= 4 is 24.4 Å². The van der Waals surface area contributed by atoms with Crippen LogP contribution in [0.1, 0.15) is 48.5 Å². The number of hydrogen-bond acceptors (Lipinski definition) is 0. The predicted octanol–water partition coefficient (Wildman–Crippen LogP) is 8.69. The molecule has 4 atom stereocenters. The fourth-order valence-corrected chi connectivity index (χ4v) is 21.1. The second-order valence-electron chi connectivity index (χ2n) is 12.8. The van der Waals surface area contributed by atoms with E-state index in [0.29, 0.717) is 0 Å². The van der Waals surface area contributed by atoms with Gasteiger partial charge in [0.25, 0.3) is 0 Å². The third-order valence-electron chi connectivity index (χ3n) is 5.93. The molecular weight excluding hydrogens is 419 g/mol. The van der Waals surface area contributed by atoms with Crippen LogP contribution >= 0.6 is 0 Å². The number of nitrogens with zero attached hydrogens (tertiary/aromatic N) is 1. The van der Waals surface area contributed by atoms with Crippen LogP contribution in [-0.4, -0.2) is 29.9 Å². The molecule has 1 aliphatic rings. The van der Waals surface area contributed by atoms with Crippen LogP contribution in [0.15, 0.2) is 0 Å². The molecule has 1 rings (SSSR count). The van der Waals surface area contributed by atoms with Gasteiger partial charge in [-0.05, 0) is 23.7 Å². The fourth-order valence-electron chi connectivity index (χ4n) is 5.62. The third-order valence-corrected chi connectivity index (χ3v) is 16.8. The number of rotatable bonds is 4. The summed E-state index contributed by atoms with van der Waals surface area (Å²) in [6.07, 6.45) is 0. The molecule has 0 radical (unpaired) electrons. The minimum absolute atomic E-state index is 0. The maximum atomic E-state index is 5.23. The van der Waals surface area contributed by atoms with Crippen molar-refractivity contribution in [2.45, 2.75) is 112 Å². The summed E-state index contributed by atoms with van der Waals surface area (Å²) >= 11 is 0. The van der Waals surface area contributed by atoms with Gasteiger partial charge in [0.05, 0.1) is 0 Å². The zero-order valence-electron chi connectivity index (χ0n) is 22.5. The van der Waals surface area contributed by atoms with Crippen LogP contribution in [0.25, 0.3) is 4.98 Å². The van der Waals surface area contributed by atoms with Crippen LogP contribution in [0.3, 0.4) is 0 Å². The molecule has 1 fully saturated rings. The first-order valence-corrected chi connectivity index (χ1v) is 21.0. The van der Waals surface area contributed by atoms with Gasteiger partial charge in [0, 0.05) is 0 Å². The van der Waals surface area contributed by atoms with Crippen molar-refractivity contribution in [1.82, 2.24) is 0 Å². The second kappa shape index (κ2) is 11.9. The summed E-state index contributed by atoms with van der Waals surface area (Å²) < 4.78 is 0. The van der Waals surface area contributed by atoms with Crippen LogP contribution in [-0.2, 0) is 25.8 Å². The minimum atomic E-state index is -1.49. The van der Waals surface area contributed by atoms with Crippen LogP contribution in [0.4, 0.5) is 0 Å². The minimum Gasteiger partial charge on any atom is -0.660 e. The average molecular weight is 474 g/mol. The molecule has 0 heterocycles. The van der Waals surface area contributed by atoms with E-state index in [1.165, 1.54) is 0 Å². The quantitative estimate of drug-likeness (QED) is 0.286. The molecule has 0 aromatic carbocycles. The first-order chi connectivity index (χ1) is 11.2. The normalized spacial score (nSPS) is 28.6. The van der Waals surface area contributed by atoms with E-state index >= 15 is 0 Å². The van der Waals surface area contributed by atoms with Gasteiger partial charge in [-0.1, -0.05) is 115 Å². The first-order valence-electron chi connectivity index (χ1n) is 10.8. The zero-order chi connectivity index (χ0) is 21.3. The van der Waals surface area contributed by atoms with Crippen LogP contribution in [0.2, 0.25) is 57.9 Å². The van der Waals surface area contributed by atoms with E-state index in [1.54, 1.807) is 0 Å². The Kier molecular flexibility index (Phi) is 14.5. The maximum Gasteiger partial charge on any atom is 3.00 e. The standard InChI is InChI=1S/C15H32NSi.C7H19Si2.CH3.Sc/c1-10-11(2)13(4)14(12(10)3)17(8,9)16-15(5,6)7;1-8(2,3)7-9(4,5)6;;/h10-14H,1-9H3;7H,1-6H3;1H3;/q3*-1;+3. The van der Waals surface area contributed by atoms with E-state index in [-0.39, 0.29) is 38.8 Å². The van der Waals surface area contributed by atoms with Crippen molar-refractivity contribution in [1.29, 1.82) is 0 Å². The summed E-state index contributed by atoms with van der Waals surface area (Å²) in [6, 6.07) is 0. The van der Waals surface area contributed by atoms with E-state index in [2.05, 4.69) is 107 Å². The van der Waals surface area contributed by atoms with E-state index < -0.39 is 24.4 Å². The Bertz CT molecular complexity index is 407. The molecule has 28 heavy (non-hydrogen) atoms. The molecule has 1 nitrogen and oxygen atoms in total.